The van der Waals surface area contributed by atoms with E-state index in [0.717, 1.165) is 5.56 Å². The predicted molar refractivity (Wildman–Crippen MR) is 107 cm³/mol. The number of rotatable bonds is 5. The van der Waals surface area contributed by atoms with Crippen molar-refractivity contribution in [3.05, 3.63) is 60.2 Å². The number of benzene rings is 1. The molecule has 8 nitrogen and oxygen atoms in total. The van der Waals surface area contributed by atoms with Gasteiger partial charge in [-0.2, -0.15) is 0 Å². The number of aromatic nitrogens is 1. The zero-order valence-electron chi connectivity index (χ0n) is 16.3. The highest BCUT2D eigenvalue weighted by Crippen LogP contribution is 2.26. The fourth-order valence-electron chi connectivity index (χ4n) is 3.67. The molecule has 0 bridgehead atoms. The molecule has 156 valence electrons. The third kappa shape index (κ3) is 4.24. The molecule has 0 spiro atoms. The van der Waals surface area contributed by atoms with Crippen LogP contribution in [0.25, 0.3) is 0 Å². The van der Waals surface area contributed by atoms with Crippen LogP contribution in [-0.2, 0) is 16.1 Å². The number of nitrogens with one attached hydrogen (secondary N) is 2. The first kappa shape index (κ1) is 19.8. The molecule has 2 aliphatic rings. The van der Waals surface area contributed by atoms with Crippen molar-refractivity contribution in [1.29, 1.82) is 0 Å². The van der Waals surface area contributed by atoms with Gasteiger partial charge in [0.05, 0.1) is 17.6 Å². The van der Waals surface area contributed by atoms with E-state index in [1.807, 2.05) is 12.1 Å². The van der Waals surface area contributed by atoms with E-state index in [2.05, 4.69) is 15.6 Å². The van der Waals surface area contributed by atoms with Crippen LogP contribution < -0.4 is 10.6 Å². The summed E-state index contributed by atoms with van der Waals surface area (Å²) >= 11 is 0. The third-order valence-corrected chi connectivity index (χ3v) is 5.45. The van der Waals surface area contributed by atoms with E-state index in [0.29, 0.717) is 26.2 Å². The fraction of sp³-hybridized carbons (Fsp3) is 0.333. The number of hydrogen-bond acceptors (Lipinski definition) is 4. The van der Waals surface area contributed by atoms with Gasteiger partial charge >= 0.3 is 6.03 Å². The molecule has 9 heteroatoms. The Morgan fingerprint density at radius 1 is 1.10 bits per heavy atom. The topological polar surface area (TPSA) is 94.6 Å². The maximum Gasteiger partial charge on any atom is 0.322 e. The van der Waals surface area contributed by atoms with E-state index in [4.69, 9.17) is 0 Å². The third-order valence-electron chi connectivity index (χ3n) is 5.45. The minimum atomic E-state index is -0.502. The maximum absolute atomic E-state index is 13.7. The molecular formula is C21H22FN5O3. The summed E-state index contributed by atoms with van der Waals surface area (Å²) in [5.41, 5.74) is 1.06. The summed E-state index contributed by atoms with van der Waals surface area (Å²) in [6.45, 7) is 1.45. The molecule has 3 heterocycles. The van der Waals surface area contributed by atoms with E-state index in [9.17, 15) is 18.8 Å². The fourth-order valence-corrected chi connectivity index (χ4v) is 3.67. The van der Waals surface area contributed by atoms with Crippen LogP contribution in [0.5, 0.6) is 0 Å². The average molecular weight is 411 g/mol. The van der Waals surface area contributed by atoms with E-state index in [1.54, 1.807) is 29.4 Å². The van der Waals surface area contributed by atoms with E-state index < -0.39 is 17.8 Å². The zero-order valence-corrected chi connectivity index (χ0v) is 16.3. The van der Waals surface area contributed by atoms with Gasteiger partial charge in [-0.1, -0.05) is 12.1 Å². The second-order valence-electron chi connectivity index (χ2n) is 7.49. The van der Waals surface area contributed by atoms with Gasteiger partial charge in [0, 0.05) is 45.0 Å². The highest BCUT2D eigenvalue weighted by molar-refractivity contribution is 5.91. The number of nitrogens with zero attached hydrogens (tertiary/aromatic N) is 3. The van der Waals surface area contributed by atoms with Crippen molar-refractivity contribution in [2.45, 2.75) is 19.0 Å². The summed E-state index contributed by atoms with van der Waals surface area (Å²) in [5.74, 6) is -1.15. The summed E-state index contributed by atoms with van der Waals surface area (Å²) in [7, 11) is 0. The van der Waals surface area contributed by atoms with Crippen LogP contribution in [0.1, 0.15) is 12.0 Å². The van der Waals surface area contributed by atoms with Crippen molar-refractivity contribution in [3.63, 3.8) is 0 Å². The van der Waals surface area contributed by atoms with Gasteiger partial charge in [-0.05, 0) is 29.8 Å². The van der Waals surface area contributed by atoms with E-state index >= 15 is 0 Å². The minimum absolute atomic E-state index is 0.0850. The lowest BCUT2D eigenvalue weighted by atomic mass is 10.1. The van der Waals surface area contributed by atoms with Gasteiger partial charge in [-0.15, -0.1) is 0 Å². The van der Waals surface area contributed by atoms with Crippen LogP contribution in [0.15, 0.2) is 48.8 Å². The van der Waals surface area contributed by atoms with Crippen LogP contribution in [0, 0.1) is 11.7 Å². The van der Waals surface area contributed by atoms with Crippen molar-refractivity contribution in [1.82, 2.24) is 20.1 Å². The first-order valence-electron chi connectivity index (χ1n) is 9.78. The Labute approximate surface area is 173 Å². The second kappa shape index (κ2) is 8.48. The van der Waals surface area contributed by atoms with Crippen molar-refractivity contribution in [3.8, 4) is 0 Å². The molecule has 4 amide bonds. The Balaban J connectivity index is 1.25. The Bertz CT molecular complexity index is 949. The van der Waals surface area contributed by atoms with E-state index in [1.165, 1.54) is 17.0 Å². The number of anilines is 1. The quantitative estimate of drug-likeness (QED) is 0.782. The maximum atomic E-state index is 13.7. The molecule has 2 N–H and O–H groups in total. The molecule has 2 aromatic rings. The second-order valence-corrected chi connectivity index (χ2v) is 7.49. The van der Waals surface area contributed by atoms with Gasteiger partial charge in [-0.25, -0.2) is 9.18 Å². The molecule has 1 aromatic carbocycles. The number of amides is 4. The summed E-state index contributed by atoms with van der Waals surface area (Å²) < 4.78 is 13.7. The Hall–Kier alpha value is -3.49. The number of urea groups is 1. The smallest absolute Gasteiger partial charge is 0.322 e. The van der Waals surface area contributed by atoms with Gasteiger partial charge in [0.2, 0.25) is 11.8 Å². The van der Waals surface area contributed by atoms with Crippen molar-refractivity contribution in [2.24, 2.45) is 5.92 Å². The minimum Gasteiger partial charge on any atom is -0.352 e. The van der Waals surface area contributed by atoms with Crippen molar-refractivity contribution in [2.75, 3.05) is 25.0 Å². The zero-order chi connectivity index (χ0) is 21.1. The van der Waals surface area contributed by atoms with Gasteiger partial charge in [0.15, 0.2) is 0 Å². The van der Waals surface area contributed by atoms with Crippen LogP contribution in [0.3, 0.4) is 0 Å². The molecular weight excluding hydrogens is 389 g/mol. The number of likely N-dealkylation sites (tertiary alicyclic amines) is 2. The van der Waals surface area contributed by atoms with Crippen LogP contribution in [0.4, 0.5) is 14.9 Å². The highest BCUT2D eigenvalue weighted by Gasteiger charge is 2.43. The standard InChI is InChI=1S/C21H22FN5O3/c22-17-3-1-2-4-18(17)25-21(30)26-12-16(13-26)27-11-15(9-19(27)28)20(29)24-10-14-5-7-23-8-6-14/h1-8,15-16H,9-13H2,(H,24,29)(H,25,30). The lowest BCUT2D eigenvalue weighted by Crippen LogP contribution is -2.62. The Morgan fingerprint density at radius 2 is 1.83 bits per heavy atom. The average Bonchev–Trinajstić information content (AvgIpc) is 3.09. The van der Waals surface area contributed by atoms with Crippen LogP contribution >= 0.6 is 0 Å². The SMILES string of the molecule is O=C(NCc1ccncc1)C1CC(=O)N(C2CN(C(=O)Nc3ccccc3F)C2)C1. The normalized spacial score (nSPS) is 18.8. The molecule has 1 unspecified atom stereocenters. The molecule has 1 atom stereocenters. The summed E-state index contributed by atoms with van der Waals surface area (Å²) in [4.78, 5) is 44.2. The molecule has 4 rings (SSSR count). The van der Waals surface area contributed by atoms with Crippen LogP contribution in [-0.4, -0.2) is 58.3 Å². The predicted octanol–water partition coefficient (Wildman–Crippen LogP) is 1.60. The Morgan fingerprint density at radius 3 is 2.57 bits per heavy atom. The van der Waals surface area contributed by atoms with Gasteiger partial charge in [-0.3, -0.25) is 14.6 Å². The lowest BCUT2D eigenvalue weighted by Gasteiger charge is -2.43. The van der Waals surface area contributed by atoms with Crippen molar-refractivity contribution < 1.29 is 18.8 Å². The van der Waals surface area contributed by atoms with Gasteiger partial charge < -0.3 is 20.4 Å². The molecule has 2 fully saturated rings. The molecule has 2 saturated heterocycles. The molecule has 0 aliphatic carbocycles. The van der Waals surface area contributed by atoms with E-state index in [-0.39, 0.29) is 30.0 Å². The lowest BCUT2D eigenvalue weighted by molar-refractivity contribution is -0.132. The number of pyridine rings is 1. The number of carbonyl (C=O) groups is 3. The molecule has 0 saturated carbocycles. The van der Waals surface area contributed by atoms with Crippen LogP contribution in [0.2, 0.25) is 0 Å². The van der Waals surface area contributed by atoms with Gasteiger partial charge in [0.25, 0.3) is 0 Å². The molecule has 0 radical (unpaired) electrons. The highest BCUT2D eigenvalue weighted by atomic mass is 19.1. The number of halogens is 1. The monoisotopic (exact) mass is 411 g/mol. The Kier molecular flexibility index (Phi) is 5.60. The molecule has 30 heavy (non-hydrogen) atoms. The summed E-state index contributed by atoms with van der Waals surface area (Å²) in [6, 6.07) is 9.06. The number of para-hydroxylation sites is 1. The number of hydrogen-bond donors (Lipinski definition) is 2. The van der Waals surface area contributed by atoms with Crippen molar-refractivity contribution >= 4 is 23.5 Å². The first-order chi connectivity index (χ1) is 14.5. The first-order valence-corrected chi connectivity index (χ1v) is 9.78. The molecule has 1 aromatic heterocycles. The largest absolute Gasteiger partial charge is 0.352 e. The molecule has 2 aliphatic heterocycles. The van der Waals surface area contributed by atoms with Gasteiger partial charge in [0.1, 0.15) is 5.82 Å². The summed E-state index contributed by atoms with van der Waals surface area (Å²) in [6.07, 6.45) is 3.49. The summed E-state index contributed by atoms with van der Waals surface area (Å²) in [5, 5.41) is 5.39. The number of carbonyl (C=O) groups excluding carboxylic acids is 3.